The van der Waals surface area contributed by atoms with Crippen LogP contribution in [0.2, 0.25) is 0 Å². The van der Waals surface area contributed by atoms with Gasteiger partial charge in [-0.2, -0.15) is 0 Å². The van der Waals surface area contributed by atoms with E-state index in [1.54, 1.807) is 6.92 Å². The van der Waals surface area contributed by atoms with Gasteiger partial charge in [0.2, 0.25) is 11.8 Å². The molecule has 0 aliphatic carbocycles. The number of hydrogen-bond acceptors (Lipinski definition) is 5. The molecule has 0 bridgehead atoms. The summed E-state index contributed by atoms with van der Waals surface area (Å²) in [5.74, 6) is 0.121. The zero-order valence-corrected chi connectivity index (χ0v) is 14.8. The first-order valence-electron chi connectivity index (χ1n) is 9.11. The topological polar surface area (TPSA) is 98.9 Å². The van der Waals surface area contributed by atoms with Crippen LogP contribution in [0.3, 0.4) is 0 Å². The van der Waals surface area contributed by atoms with Crippen molar-refractivity contribution >= 4 is 11.8 Å². The number of nitrogens with two attached hydrogens (primary N) is 1. The summed E-state index contributed by atoms with van der Waals surface area (Å²) in [6, 6.07) is 0.256. The lowest BCUT2D eigenvalue weighted by Gasteiger charge is -2.38. The Morgan fingerprint density at radius 3 is 2.54 bits per heavy atom. The number of aliphatic hydroxyl groups is 1. The van der Waals surface area contributed by atoms with E-state index in [9.17, 15) is 14.7 Å². The van der Waals surface area contributed by atoms with E-state index in [1.807, 2.05) is 4.90 Å². The van der Waals surface area contributed by atoms with Crippen molar-refractivity contribution in [3.05, 3.63) is 0 Å². The van der Waals surface area contributed by atoms with Gasteiger partial charge in [0.05, 0.1) is 5.60 Å². The van der Waals surface area contributed by atoms with Crippen LogP contribution in [0.15, 0.2) is 0 Å². The Morgan fingerprint density at radius 2 is 1.92 bits per heavy atom. The molecule has 0 spiro atoms. The second kappa shape index (κ2) is 8.78. The monoisotopic (exact) mass is 340 g/mol. The van der Waals surface area contributed by atoms with Crippen LogP contribution >= 0.6 is 0 Å². The summed E-state index contributed by atoms with van der Waals surface area (Å²) >= 11 is 0. The van der Waals surface area contributed by atoms with E-state index < -0.39 is 5.60 Å². The van der Waals surface area contributed by atoms with Crippen LogP contribution < -0.4 is 11.1 Å². The van der Waals surface area contributed by atoms with Gasteiger partial charge in [0.25, 0.3) is 0 Å². The first kappa shape index (κ1) is 19.1. The third-order valence-corrected chi connectivity index (χ3v) is 5.14. The van der Waals surface area contributed by atoms with Crippen LogP contribution in [0, 0.1) is 0 Å². The summed E-state index contributed by atoms with van der Waals surface area (Å²) in [6.07, 6.45) is 4.41. The van der Waals surface area contributed by atoms with Crippen molar-refractivity contribution in [1.82, 2.24) is 15.1 Å². The number of amides is 2. The van der Waals surface area contributed by atoms with Crippen molar-refractivity contribution in [2.24, 2.45) is 5.73 Å². The highest BCUT2D eigenvalue weighted by molar-refractivity contribution is 5.76. The molecule has 1 atom stereocenters. The molecule has 0 aromatic rings. The Bertz CT molecular complexity index is 438. The number of rotatable bonds is 5. The molecule has 1 unspecified atom stereocenters. The number of nitrogens with zero attached hydrogens (tertiary/aromatic N) is 2. The van der Waals surface area contributed by atoms with Crippen LogP contribution in [-0.2, 0) is 9.59 Å². The van der Waals surface area contributed by atoms with Crippen LogP contribution in [0.25, 0.3) is 0 Å². The predicted octanol–water partition coefficient (Wildman–Crippen LogP) is -0.321. The fourth-order valence-corrected chi connectivity index (χ4v) is 3.81. The first-order valence-corrected chi connectivity index (χ1v) is 9.11. The molecule has 24 heavy (non-hydrogen) atoms. The van der Waals surface area contributed by atoms with Gasteiger partial charge in [0, 0.05) is 58.7 Å². The maximum atomic E-state index is 12.0. The highest BCUT2D eigenvalue weighted by Crippen LogP contribution is 2.25. The van der Waals surface area contributed by atoms with Gasteiger partial charge in [-0.3, -0.25) is 9.59 Å². The van der Waals surface area contributed by atoms with E-state index >= 15 is 0 Å². The summed E-state index contributed by atoms with van der Waals surface area (Å²) in [7, 11) is 0. The number of β-amino-alcohol motifs (C(OH)–C–C–N with tert-alkyl or cyclic N) is 1. The standard InChI is InChI=1S/C17H32N4O3/c1-14(22)19-15-4-10-20(11-5-15)13-17(24)6-2-9-21(12-7-17)16(23)3-8-18/h15,24H,2-13,18H2,1H3,(H,19,22). The maximum Gasteiger partial charge on any atom is 0.223 e. The van der Waals surface area contributed by atoms with Gasteiger partial charge < -0.3 is 26.0 Å². The Balaban J connectivity index is 1.80. The molecule has 2 saturated heterocycles. The van der Waals surface area contributed by atoms with Crippen LogP contribution in [-0.4, -0.2) is 77.6 Å². The van der Waals surface area contributed by atoms with Gasteiger partial charge in [-0.15, -0.1) is 0 Å². The second-order valence-electron chi connectivity index (χ2n) is 7.25. The average Bonchev–Trinajstić information content (AvgIpc) is 2.71. The van der Waals surface area contributed by atoms with Gasteiger partial charge >= 0.3 is 0 Å². The van der Waals surface area contributed by atoms with Crippen molar-refractivity contribution < 1.29 is 14.7 Å². The molecule has 4 N–H and O–H groups in total. The van der Waals surface area contributed by atoms with Crippen LogP contribution in [0.1, 0.15) is 45.4 Å². The maximum absolute atomic E-state index is 12.0. The minimum absolute atomic E-state index is 0.0260. The summed E-state index contributed by atoms with van der Waals surface area (Å²) in [5.41, 5.74) is 4.74. The largest absolute Gasteiger partial charge is 0.388 e. The predicted molar refractivity (Wildman–Crippen MR) is 92.3 cm³/mol. The smallest absolute Gasteiger partial charge is 0.223 e. The zero-order valence-electron chi connectivity index (χ0n) is 14.8. The highest BCUT2D eigenvalue weighted by atomic mass is 16.3. The SMILES string of the molecule is CC(=O)NC1CCN(CC2(O)CCCN(C(=O)CCN)CC2)CC1. The van der Waals surface area contributed by atoms with Gasteiger partial charge in [-0.25, -0.2) is 0 Å². The molecule has 0 radical (unpaired) electrons. The van der Waals surface area contributed by atoms with Crippen LogP contribution in [0.5, 0.6) is 0 Å². The Kier molecular flexibility index (Phi) is 7.01. The summed E-state index contributed by atoms with van der Waals surface area (Å²) in [4.78, 5) is 27.3. The molecule has 2 rings (SSSR count). The molecule has 138 valence electrons. The number of carbonyl (C=O) groups excluding carboxylic acids is 2. The summed E-state index contributed by atoms with van der Waals surface area (Å²) < 4.78 is 0. The van der Waals surface area contributed by atoms with E-state index in [1.165, 1.54) is 0 Å². The Hall–Kier alpha value is -1.18. The van der Waals surface area contributed by atoms with E-state index in [-0.39, 0.29) is 17.9 Å². The zero-order chi connectivity index (χ0) is 17.6. The van der Waals surface area contributed by atoms with E-state index in [2.05, 4.69) is 10.2 Å². The van der Waals surface area contributed by atoms with Gasteiger partial charge in [0.15, 0.2) is 0 Å². The molecule has 2 aliphatic heterocycles. The van der Waals surface area contributed by atoms with Crippen molar-refractivity contribution in [1.29, 1.82) is 0 Å². The van der Waals surface area contributed by atoms with Gasteiger partial charge in [-0.1, -0.05) is 0 Å². The van der Waals surface area contributed by atoms with Crippen molar-refractivity contribution in [3.63, 3.8) is 0 Å². The quantitative estimate of drug-likeness (QED) is 0.637. The fraction of sp³-hybridized carbons (Fsp3) is 0.882. The third-order valence-electron chi connectivity index (χ3n) is 5.14. The molecule has 7 heteroatoms. The van der Waals surface area contributed by atoms with E-state index in [0.29, 0.717) is 39.0 Å². The number of carbonyl (C=O) groups is 2. The molecule has 0 aromatic heterocycles. The number of nitrogens with one attached hydrogen (secondary N) is 1. The van der Waals surface area contributed by atoms with Crippen LogP contribution in [0.4, 0.5) is 0 Å². The molecule has 7 nitrogen and oxygen atoms in total. The lowest BCUT2D eigenvalue weighted by molar-refractivity contribution is -0.131. The van der Waals surface area contributed by atoms with Crippen molar-refractivity contribution in [2.45, 2.75) is 57.1 Å². The van der Waals surface area contributed by atoms with E-state index in [0.717, 1.165) is 38.8 Å². The normalized spacial score (nSPS) is 26.9. The second-order valence-corrected chi connectivity index (χ2v) is 7.25. The van der Waals surface area contributed by atoms with Crippen molar-refractivity contribution in [3.8, 4) is 0 Å². The molecule has 0 aromatic carbocycles. The number of piperidine rings is 1. The number of likely N-dealkylation sites (tertiary alicyclic amines) is 2. The average molecular weight is 340 g/mol. The minimum Gasteiger partial charge on any atom is -0.388 e. The Morgan fingerprint density at radius 1 is 1.21 bits per heavy atom. The lowest BCUT2D eigenvalue weighted by Crippen LogP contribution is -2.50. The highest BCUT2D eigenvalue weighted by Gasteiger charge is 2.34. The Labute approximate surface area is 144 Å². The summed E-state index contributed by atoms with van der Waals surface area (Å²) in [6.45, 7) is 5.69. The first-order chi connectivity index (χ1) is 11.4. The molecule has 2 heterocycles. The molecular weight excluding hydrogens is 308 g/mol. The summed E-state index contributed by atoms with van der Waals surface area (Å²) in [5, 5.41) is 13.9. The molecule has 2 fully saturated rings. The van der Waals surface area contributed by atoms with Crippen molar-refractivity contribution in [2.75, 3.05) is 39.3 Å². The number of hydrogen-bond donors (Lipinski definition) is 3. The molecular formula is C17H32N4O3. The fourth-order valence-electron chi connectivity index (χ4n) is 3.81. The third kappa shape index (κ3) is 5.72. The lowest BCUT2D eigenvalue weighted by atomic mass is 9.93. The van der Waals surface area contributed by atoms with Gasteiger partial charge in [-0.05, 0) is 32.1 Å². The molecule has 0 saturated carbocycles. The molecule has 2 amide bonds. The minimum atomic E-state index is -0.724. The van der Waals surface area contributed by atoms with E-state index in [4.69, 9.17) is 5.73 Å². The molecule has 2 aliphatic rings. The van der Waals surface area contributed by atoms with Gasteiger partial charge in [0.1, 0.15) is 0 Å².